The fourth-order valence-corrected chi connectivity index (χ4v) is 4.61. The van der Waals surface area contributed by atoms with E-state index in [4.69, 9.17) is 9.47 Å². The van der Waals surface area contributed by atoms with Crippen LogP contribution < -0.4 is 10.1 Å². The molecule has 0 radical (unpaired) electrons. The van der Waals surface area contributed by atoms with Crippen molar-refractivity contribution in [1.29, 1.82) is 0 Å². The molecule has 2 aliphatic rings. The molecular formula is C25H26N4O5S. The lowest BCUT2D eigenvalue weighted by molar-refractivity contribution is -0.139. The normalized spacial score (nSPS) is 16.1. The maximum absolute atomic E-state index is 13.3. The molecule has 2 aliphatic heterocycles. The fourth-order valence-electron chi connectivity index (χ4n) is 3.81. The third-order valence-corrected chi connectivity index (χ3v) is 6.40. The number of hydrogen-bond donors (Lipinski definition) is 1. The SMILES string of the molecule is CCOC(=O)CSC1=Nc2ccccc2C2=N[C@@H](CCC(=O)NCc3ccccc3OC)C(=O)N12. The highest BCUT2D eigenvalue weighted by Crippen LogP contribution is 2.34. The molecule has 2 aromatic rings. The Morgan fingerprint density at radius 1 is 1.14 bits per heavy atom. The van der Waals surface area contributed by atoms with Crippen LogP contribution in [0.3, 0.4) is 0 Å². The lowest BCUT2D eigenvalue weighted by Gasteiger charge is -2.25. The van der Waals surface area contributed by atoms with E-state index < -0.39 is 6.04 Å². The predicted octanol–water partition coefficient (Wildman–Crippen LogP) is 3.05. The molecule has 0 unspecified atom stereocenters. The molecule has 0 aliphatic carbocycles. The van der Waals surface area contributed by atoms with Gasteiger partial charge in [-0.15, -0.1) is 0 Å². The predicted molar refractivity (Wildman–Crippen MR) is 134 cm³/mol. The zero-order valence-electron chi connectivity index (χ0n) is 19.5. The van der Waals surface area contributed by atoms with Gasteiger partial charge in [0, 0.05) is 24.1 Å². The molecule has 1 atom stereocenters. The number of nitrogens with one attached hydrogen (secondary N) is 1. The van der Waals surface area contributed by atoms with Crippen molar-refractivity contribution in [1.82, 2.24) is 10.2 Å². The number of benzene rings is 2. The first-order valence-corrected chi connectivity index (χ1v) is 12.3. The van der Waals surface area contributed by atoms with E-state index in [1.54, 1.807) is 14.0 Å². The summed E-state index contributed by atoms with van der Waals surface area (Å²) >= 11 is 1.13. The fraction of sp³-hybridized carbons (Fsp3) is 0.320. The Kier molecular flexibility index (Phi) is 7.81. The summed E-state index contributed by atoms with van der Waals surface area (Å²) in [5.74, 6) is 0.399. The summed E-state index contributed by atoms with van der Waals surface area (Å²) in [6.45, 7) is 2.35. The highest BCUT2D eigenvalue weighted by Gasteiger charge is 2.41. The number of amidine groups is 2. The Morgan fingerprint density at radius 3 is 2.71 bits per heavy atom. The smallest absolute Gasteiger partial charge is 0.316 e. The number of rotatable bonds is 9. The Hall–Kier alpha value is -3.66. The number of thioether (sulfide) groups is 1. The van der Waals surface area contributed by atoms with Crippen LogP contribution >= 0.6 is 11.8 Å². The van der Waals surface area contributed by atoms with Gasteiger partial charge in [0.25, 0.3) is 5.91 Å². The molecule has 0 bridgehead atoms. The zero-order valence-corrected chi connectivity index (χ0v) is 20.3. The van der Waals surface area contributed by atoms with Crippen molar-refractivity contribution in [2.24, 2.45) is 9.98 Å². The van der Waals surface area contributed by atoms with Crippen LogP contribution in [0.5, 0.6) is 5.75 Å². The van der Waals surface area contributed by atoms with E-state index in [1.165, 1.54) is 4.90 Å². The average Bonchev–Trinajstić information content (AvgIpc) is 3.21. The van der Waals surface area contributed by atoms with Crippen LogP contribution in [0, 0.1) is 0 Å². The Morgan fingerprint density at radius 2 is 1.91 bits per heavy atom. The quantitative estimate of drug-likeness (QED) is 0.537. The maximum Gasteiger partial charge on any atom is 0.316 e. The third-order valence-electron chi connectivity index (χ3n) is 5.49. The van der Waals surface area contributed by atoms with E-state index in [1.807, 2.05) is 48.5 Å². The largest absolute Gasteiger partial charge is 0.496 e. The van der Waals surface area contributed by atoms with Crippen LogP contribution in [-0.2, 0) is 25.7 Å². The van der Waals surface area contributed by atoms with Crippen molar-refractivity contribution in [3.63, 3.8) is 0 Å². The minimum Gasteiger partial charge on any atom is -0.496 e. The highest BCUT2D eigenvalue weighted by molar-refractivity contribution is 8.14. The summed E-state index contributed by atoms with van der Waals surface area (Å²) in [7, 11) is 1.58. The van der Waals surface area contributed by atoms with Gasteiger partial charge in [0.2, 0.25) is 5.91 Å². The molecule has 9 nitrogen and oxygen atoms in total. The highest BCUT2D eigenvalue weighted by atomic mass is 32.2. The van der Waals surface area contributed by atoms with E-state index in [0.717, 1.165) is 22.9 Å². The monoisotopic (exact) mass is 494 g/mol. The zero-order chi connectivity index (χ0) is 24.8. The molecule has 0 saturated heterocycles. The number of para-hydroxylation sites is 2. The summed E-state index contributed by atoms with van der Waals surface area (Å²) in [5.41, 5.74) is 2.29. The Labute approximate surface area is 207 Å². The van der Waals surface area contributed by atoms with E-state index >= 15 is 0 Å². The number of methoxy groups -OCH3 is 1. The topological polar surface area (TPSA) is 110 Å². The summed E-state index contributed by atoms with van der Waals surface area (Å²) < 4.78 is 10.3. The van der Waals surface area contributed by atoms with Crippen molar-refractivity contribution in [3.05, 3.63) is 59.7 Å². The molecular weight excluding hydrogens is 468 g/mol. The van der Waals surface area contributed by atoms with Crippen LogP contribution in [0.4, 0.5) is 5.69 Å². The lowest BCUT2D eigenvalue weighted by atomic mass is 10.1. The maximum atomic E-state index is 13.3. The number of ether oxygens (including phenoxy) is 2. The minimum absolute atomic E-state index is 0.0297. The van der Waals surface area contributed by atoms with E-state index in [9.17, 15) is 14.4 Å². The number of fused-ring (bicyclic) bond motifs is 3. The Balaban J connectivity index is 1.42. The molecule has 2 amide bonds. The van der Waals surface area contributed by atoms with Gasteiger partial charge >= 0.3 is 5.97 Å². The summed E-state index contributed by atoms with van der Waals surface area (Å²) in [6.07, 6.45) is 0.398. The summed E-state index contributed by atoms with van der Waals surface area (Å²) in [6, 6.07) is 14.2. The van der Waals surface area contributed by atoms with Crippen LogP contribution in [0.25, 0.3) is 0 Å². The first-order valence-electron chi connectivity index (χ1n) is 11.3. The van der Waals surface area contributed by atoms with Crippen LogP contribution in [0.2, 0.25) is 0 Å². The second-order valence-electron chi connectivity index (χ2n) is 7.77. The molecule has 182 valence electrons. The van der Waals surface area contributed by atoms with Crippen molar-refractivity contribution >= 4 is 46.2 Å². The van der Waals surface area contributed by atoms with Gasteiger partial charge in [-0.05, 0) is 31.5 Å². The van der Waals surface area contributed by atoms with Gasteiger partial charge in [0.1, 0.15) is 17.6 Å². The molecule has 0 spiro atoms. The number of esters is 1. The van der Waals surface area contributed by atoms with Gasteiger partial charge in [0.15, 0.2) is 5.17 Å². The summed E-state index contributed by atoms with van der Waals surface area (Å²) in [5, 5.41) is 3.25. The molecule has 0 fully saturated rings. The van der Waals surface area contributed by atoms with Crippen LogP contribution in [0.1, 0.15) is 30.9 Å². The van der Waals surface area contributed by atoms with E-state index in [0.29, 0.717) is 29.0 Å². The van der Waals surface area contributed by atoms with Gasteiger partial charge < -0.3 is 14.8 Å². The van der Waals surface area contributed by atoms with E-state index in [2.05, 4.69) is 15.3 Å². The second kappa shape index (κ2) is 11.2. The van der Waals surface area contributed by atoms with Gasteiger partial charge in [-0.3, -0.25) is 19.4 Å². The van der Waals surface area contributed by atoms with E-state index in [-0.39, 0.29) is 43.0 Å². The number of hydrogen-bond acceptors (Lipinski definition) is 8. The van der Waals surface area contributed by atoms with Crippen LogP contribution in [-0.4, -0.2) is 59.2 Å². The summed E-state index contributed by atoms with van der Waals surface area (Å²) in [4.78, 5) is 48.3. The second-order valence-corrected chi connectivity index (χ2v) is 8.72. The number of amides is 2. The molecule has 10 heteroatoms. The number of carbonyl (C=O) groups is 3. The van der Waals surface area contributed by atoms with Crippen molar-refractivity contribution in [2.75, 3.05) is 19.5 Å². The number of carbonyl (C=O) groups excluding carboxylic acids is 3. The molecule has 35 heavy (non-hydrogen) atoms. The average molecular weight is 495 g/mol. The van der Waals surface area contributed by atoms with Crippen molar-refractivity contribution in [2.45, 2.75) is 32.4 Å². The van der Waals surface area contributed by atoms with Crippen LogP contribution in [0.15, 0.2) is 58.5 Å². The molecule has 2 heterocycles. The van der Waals surface area contributed by atoms with Gasteiger partial charge in [-0.1, -0.05) is 42.1 Å². The third kappa shape index (κ3) is 5.54. The van der Waals surface area contributed by atoms with Gasteiger partial charge in [-0.2, -0.15) is 0 Å². The molecule has 0 saturated carbocycles. The molecule has 0 aromatic heterocycles. The standard InChI is InChI=1S/C25H26N4O5S/c1-3-34-22(31)15-35-25-28-18-10-6-5-9-17(18)23-27-19(24(32)29(23)25)12-13-21(30)26-14-16-8-4-7-11-20(16)33-2/h4-11,19H,3,12-15H2,1-2H3,(H,26,30)/t19-/m0/s1. The van der Waals surface area contributed by atoms with Crippen molar-refractivity contribution in [3.8, 4) is 5.75 Å². The number of aliphatic imine (C=N–C) groups is 2. The molecule has 4 rings (SSSR count). The first kappa shape index (κ1) is 24.5. The molecule has 2 aromatic carbocycles. The number of nitrogens with zero attached hydrogens (tertiary/aromatic N) is 3. The lowest BCUT2D eigenvalue weighted by Crippen LogP contribution is -2.41. The van der Waals surface area contributed by atoms with Crippen molar-refractivity contribution < 1.29 is 23.9 Å². The van der Waals surface area contributed by atoms with Gasteiger partial charge in [0.05, 0.1) is 25.2 Å². The van der Waals surface area contributed by atoms with Gasteiger partial charge in [-0.25, -0.2) is 9.89 Å². The first-order chi connectivity index (χ1) is 17.0. The Bertz CT molecular complexity index is 1200. The minimum atomic E-state index is -0.707. The molecule has 1 N–H and O–H groups in total.